The minimum absolute atomic E-state index is 0.0410. The van der Waals surface area contributed by atoms with Gasteiger partial charge in [-0.05, 0) is 56.2 Å². The molecule has 5 nitrogen and oxygen atoms in total. The van der Waals surface area contributed by atoms with E-state index in [0.29, 0.717) is 29.5 Å². The van der Waals surface area contributed by atoms with Gasteiger partial charge in [0.2, 0.25) is 0 Å². The maximum absolute atomic E-state index is 11.8. The van der Waals surface area contributed by atoms with Crippen LogP contribution in [0.1, 0.15) is 30.1 Å². The Morgan fingerprint density at radius 2 is 1.77 bits per heavy atom. The molecule has 1 amide bonds. The van der Waals surface area contributed by atoms with Crippen molar-refractivity contribution in [2.75, 3.05) is 19.8 Å². The van der Waals surface area contributed by atoms with E-state index in [0.717, 1.165) is 18.6 Å². The quantitative estimate of drug-likeness (QED) is 0.505. The molecule has 2 rings (SSSR count). The molecular weight excluding hydrogens is 354 g/mol. The largest absolute Gasteiger partial charge is 0.494 e. The number of hydrogen-bond donors (Lipinski definition) is 1. The van der Waals surface area contributed by atoms with Gasteiger partial charge in [0.05, 0.1) is 6.61 Å². The van der Waals surface area contributed by atoms with Gasteiger partial charge >= 0.3 is 0 Å². The Bertz CT molecular complexity index is 731. The summed E-state index contributed by atoms with van der Waals surface area (Å²) in [4.78, 5) is 23.1. The number of halogens is 1. The summed E-state index contributed by atoms with van der Waals surface area (Å²) in [6, 6.07) is 14.0. The van der Waals surface area contributed by atoms with Crippen LogP contribution in [0.2, 0.25) is 5.02 Å². The van der Waals surface area contributed by atoms with Crippen molar-refractivity contribution in [2.24, 2.45) is 0 Å². The number of nitrogens with one attached hydrogen (secondary N) is 1. The van der Waals surface area contributed by atoms with Crippen LogP contribution in [0.15, 0.2) is 48.5 Å². The van der Waals surface area contributed by atoms with Gasteiger partial charge in [-0.15, -0.1) is 0 Å². The van der Waals surface area contributed by atoms with Gasteiger partial charge in [-0.3, -0.25) is 9.59 Å². The number of carbonyl (C=O) groups excluding carboxylic acids is 2. The second kappa shape index (κ2) is 10.5. The number of rotatable bonds is 10. The first-order valence-electron chi connectivity index (χ1n) is 8.43. The van der Waals surface area contributed by atoms with Gasteiger partial charge in [-0.2, -0.15) is 0 Å². The summed E-state index contributed by atoms with van der Waals surface area (Å²) in [6.45, 7) is 2.54. The number of ketones is 1. The molecule has 0 aromatic heterocycles. The smallest absolute Gasteiger partial charge is 0.257 e. The van der Waals surface area contributed by atoms with Gasteiger partial charge in [0.15, 0.2) is 12.4 Å². The number of amides is 1. The van der Waals surface area contributed by atoms with Crippen molar-refractivity contribution in [1.29, 1.82) is 0 Å². The summed E-state index contributed by atoms with van der Waals surface area (Å²) in [6.07, 6.45) is 1.63. The molecule has 138 valence electrons. The highest BCUT2D eigenvalue weighted by molar-refractivity contribution is 6.30. The molecule has 0 fully saturated rings. The Labute approximate surface area is 158 Å². The predicted octanol–water partition coefficient (Wildman–Crippen LogP) is 3.90. The maximum atomic E-state index is 11.8. The summed E-state index contributed by atoms with van der Waals surface area (Å²) in [5, 5.41) is 3.47. The van der Waals surface area contributed by atoms with Crippen molar-refractivity contribution in [2.45, 2.75) is 19.8 Å². The minimum atomic E-state index is -0.197. The second-order valence-electron chi connectivity index (χ2n) is 5.73. The average Bonchev–Trinajstić information content (AvgIpc) is 2.64. The summed E-state index contributed by atoms with van der Waals surface area (Å²) in [5.41, 5.74) is 0.559. The summed E-state index contributed by atoms with van der Waals surface area (Å²) >= 11 is 5.81. The average molecular weight is 376 g/mol. The lowest BCUT2D eigenvalue weighted by atomic mass is 10.1. The molecule has 0 aliphatic rings. The van der Waals surface area contributed by atoms with Crippen LogP contribution >= 0.6 is 11.6 Å². The third-order valence-corrected chi connectivity index (χ3v) is 3.84. The molecule has 0 radical (unpaired) electrons. The van der Waals surface area contributed by atoms with E-state index in [4.69, 9.17) is 21.1 Å². The number of unbranched alkanes of at least 4 members (excludes halogenated alkanes) is 1. The molecule has 6 heteroatoms. The highest BCUT2D eigenvalue weighted by atomic mass is 35.5. The van der Waals surface area contributed by atoms with E-state index in [1.54, 1.807) is 36.4 Å². The van der Waals surface area contributed by atoms with Gasteiger partial charge in [0.1, 0.15) is 11.5 Å². The van der Waals surface area contributed by atoms with Crippen molar-refractivity contribution >= 4 is 23.3 Å². The van der Waals surface area contributed by atoms with Gasteiger partial charge in [0, 0.05) is 17.1 Å². The Morgan fingerprint density at radius 1 is 1.00 bits per heavy atom. The number of ether oxygens (including phenoxy) is 2. The van der Waals surface area contributed by atoms with Gasteiger partial charge in [0.25, 0.3) is 5.91 Å². The molecule has 0 saturated carbocycles. The zero-order valence-electron chi connectivity index (χ0n) is 14.7. The van der Waals surface area contributed by atoms with Crippen LogP contribution in [-0.2, 0) is 4.79 Å². The molecule has 26 heavy (non-hydrogen) atoms. The summed E-state index contributed by atoms with van der Waals surface area (Å²) in [5.74, 6) is 1.04. The van der Waals surface area contributed by atoms with Crippen LogP contribution in [-0.4, -0.2) is 31.4 Å². The Hall–Kier alpha value is -2.53. The monoisotopic (exact) mass is 375 g/mol. The molecule has 0 saturated heterocycles. The van der Waals surface area contributed by atoms with E-state index in [-0.39, 0.29) is 18.3 Å². The molecule has 0 aliphatic carbocycles. The van der Waals surface area contributed by atoms with Crippen molar-refractivity contribution in [3.8, 4) is 11.5 Å². The number of benzene rings is 2. The SMILES string of the molecule is CC(=O)c1cccc(OCC(=O)NCCCCOc2ccc(Cl)cc2)c1. The number of Topliss-reactive ketones (excluding diaryl/α,β-unsaturated/α-hetero) is 1. The van der Waals surface area contributed by atoms with E-state index >= 15 is 0 Å². The van der Waals surface area contributed by atoms with Crippen LogP contribution in [0.25, 0.3) is 0 Å². The normalized spacial score (nSPS) is 10.2. The lowest BCUT2D eigenvalue weighted by Crippen LogP contribution is -2.29. The van der Waals surface area contributed by atoms with Crippen LogP contribution in [0, 0.1) is 0 Å². The minimum Gasteiger partial charge on any atom is -0.494 e. The highest BCUT2D eigenvalue weighted by Crippen LogP contribution is 2.16. The maximum Gasteiger partial charge on any atom is 0.257 e. The molecule has 0 spiro atoms. The first-order chi connectivity index (χ1) is 12.5. The first kappa shape index (κ1) is 19.8. The van der Waals surface area contributed by atoms with Crippen LogP contribution in [0.4, 0.5) is 0 Å². The first-order valence-corrected chi connectivity index (χ1v) is 8.81. The molecule has 0 atom stereocenters. The van der Waals surface area contributed by atoms with E-state index in [1.807, 2.05) is 12.1 Å². The third-order valence-electron chi connectivity index (χ3n) is 3.59. The van der Waals surface area contributed by atoms with E-state index in [1.165, 1.54) is 6.92 Å². The summed E-state index contributed by atoms with van der Waals surface area (Å²) in [7, 11) is 0. The lowest BCUT2D eigenvalue weighted by Gasteiger charge is -2.09. The predicted molar refractivity (Wildman–Crippen MR) is 101 cm³/mol. The van der Waals surface area contributed by atoms with Crippen LogP contribution < -0.4 is 14.8 Å². The van der Waals surface area contributed by atoms with Gasteiger partial charge < -0.3 is 14.8 Å². The fourth-order valence-corrected chi connectivity index (χ4v) is 2.31. The standard InChI is InChI=1S/C20H22ClNO4/c1-15(23)16-5-4-6-19(13-16)26-14-20(24)22-11-2-3-12-25-18-9-7-17(21)8-10-18/h4-10,13H,2-3,11-12,14H2,1H3,(H,22,24). The Kier molecular flexibility index (Phi) is 7.96. The second-order valence-corrected chi connectivity index (χ2v) is 6.17. The molecule has 2 aromatic carbocycles. The third kappa shape index (κ3) is 7.15. The van der Waals surface area contributed by atoms with Crippen molar-refractivity contribution < 1.29 is 19.1 Å². The molecular formula is C20H22ClNO4. The van der Waals surface area contributed by atoms with Crippen LogP contribution in [0.3, 0.4) is 0 Å². The molecule has 2 aromatic rings. The van der Waals surface area contributed by atoms with Gasteiger partial charge in [-0.1, -0.05) is 23.7 Å². The van der Waals surface area contributed by atoms with Crippen molar-refractivity contribution in [3.05, 3.63) is 59.1 Å². The van der Waals surface area contributed by atoms with Crippen molar-refractivity contribution in [3.63, 3.8) is 0 Å². The fraction of sp³-hybridized carbons (Fsp3) is 0.300. The fourth-order valence-electron chi connectivity index (χ4n) is 2.18. The van der Waals surface area contributed by atoms with E-state index in [2.05, 4.69) is 5.32 Å². The van der Waals surface area contributed by atoms with E-state index < -0.39 is 0 Å². The van der Waals surface area contributed by atoms with Gasteiger partial charge in [-0.25, -0.2) is 0 Å². The Morgan fingerprint density at radius 3 is 2.50 bits per heavy atom. The zero-order chi connectivity index (χ0) is 18.8. The molecule has 0 aliphatic heterocycles. The zero-order valence-corrected chi connectivity index (χ0v) is 15.4. The highest BCUT2D eigenvalue weighted by Gasteiger charge is 2.05. The molecule has 1 N–H and O–H groups in total. The molecule has 0 bridgehead atoms. The number of carbonyl (C=O) groups is 2. The summed E-state index contributed by atoms with van der Waals surface area (Å²) < 4.78 is 11.0. The molecule has 0 heterocycles. The number of hydrogen-bond acceptors (Lipinski definition) is 4. The lowest BCUT2D eigenvalue weighted by molar-refractivity contribution is -0.123. The Balaban J connectivity index is 1.57. The molecule has 0 unspecified atom stereocenters. The van der Waals surface area contributed by atoms with Crippen molar-refractivity contribution in [1.82, 2.24) is 5.32 Å². The van der Waals surface area contributed by atoms with Crippen LogP contribution in [0.5, 0.6) is 11.5 Å². The topological polar surface area (TPSA) is 64.6 Å². The van der Waals surface area contributed by atoms with E-state index in [9.17, 15) is 9.59 Å².